The van der Waals surface area contributed by atoms with Crippen molar-refractivity contribution in [1.29, 1.82) is 0 Å². The quantitative estimate of drug-likeness (QED) is 0.592. The van der Waals surface area contributed by atoms with Crippen LogP contribution in [0.1, 0.15) is 12.8 Å². The Balaban J connectivity index is 0.00000196. The average Bonchev–Trinajstić information content (AvgIpc) is 2.20. The van der Waals surface area contributed by atoms with Gasteiger partial charge in [0.2, 0.25) is 0 Å². The van der Waals surface area contributed by atoms with Crippen LogP contribution in [0.3, 0.4) is 0 Å². The van der Waals surface area contributed by atoms with E-state index in [2.05, 4.69) is 10.2 Å². The van der Waals surface area contributed by atoms with Gasteiger partial charge in [-0.15, -0.1) is 12.4 Å². The van der Waals surface area contributed by atoms with Gasteiger partial charge in [0.15, 0.2) is 0 Å². The molecular weight excluding hydrogens is 214 g/mol. The van der Waals surface area contributed by atoms with Gasteiger partial charge >= 0.3 is 0 Å². The number of aliphatic hydroxyl groups excluding tert-OH is 1. The van der Waals surface area contributed by atoms with Crippen molar-refractivity contribution >= 4 is 12.4 Å². The van der Waals surface area contributed by atoms with Crippen LogP contribution in [-0.2, 0) is 0 Å². The average molecular weight is 238 g/mol. The molecule has 1 saturated heterocycles. The van der Waals surface area contributed by atoms with Crippen LogP contribution in [0.2, 0.25) is 0 Å². The molecule has 0 aromatic carbocycles. The summed E-state index contributed by atoms with van der Waals surface area (Å²) in [6.07, 6.45) is 2.51. The Morgan fingerprint density at radius 1 is 1.27 bits per heavy atom. The zero-order valence-corrected chi connectivity index (χ0v) is 10.1. The fraction of sp³-hybridized carbons (Fsp3) is 1.00. The third-order valence-corrected chi connectivity index (χ3v) is 2.84. The lowest BCUT2D eigenvalue weighted by Crippen LogP contribution is -2.39. The van der Waals surface area contributed by atoms with Crippen LogP contribution in [0.15, 0.2) is 0 Å². The Morgan fingerprint density at radius 2 is 1.93 bits per heavy atom. The SMILES string of the molecule is Cl.NCCN(CCO)CC1CCNCC1. The lowest BCUT2D eigenvalue weighted by atomic mass is 9.97. The van der Waals surface area contributed by atoms with E-state index in [0.717, 1.165) is 38.6 Å². The second-order valence-corrected chi connectivity index (χ2v) is 4.01. The molecule has 1 aliphatic heterocycles. The molecule has 1 aliphatic rings. The van der Waals surface area contributed by atoms with Gasteiger partial charge < -0.3 is 16.2 Å². The fourth-order valence-electron chi connectivity index (χ4n) is 2.05. The minimum absolute atomic E-state index is 0. The highest BCUT2D eigenvalue weighted by Crippen LogP contribution is 2.12. The molecule has 4 N–H and O–H groups in total. The third-order valence-electron chi connectivity index (χ3n) is 2.84. The number of aliphatic hydroxyl groups is 1. The molecule has 0 unspecified atom stereocenters. The number of halogens is 1. The highest BCUT2D eigenvalue weighted by atomic mass is 35.5. The van der Waals surface area contributed by atoms with Crippen molar-refractivity contribution in [3.8, 4) is 0 Å². The predicted molar refractivity (Wildman–Crippen MR) is 65.4 cm³/mol. The fourth-order valence-corrected chi connectivity index (χ4v) is 2.05. The second kappa shape index (κ2) is 9.36. The van der Waals surface area contributed by atoms with Crippen molar-refractivity contribution in [3.05, 3.63) is 0 Å². The number of piperidine rings is 1. The van der Waals surface area contributed by atoms with Gasteiger partial charge in [0.25, 0.3) is 0 Å². The molecular formula is C10H24ClN3O. The molecule has 5 heteroatoms. The summed E-state index contributed by atoms with van der Waals surface area (Å²) >= 11 is 0. The Morgan fingerprint density at radius 3 is 2.47 bits per heavy atom. The number of nitrogens with two attached hydrogens (primary N) is 1. The molecule has 0 aromatic heterocycles. The smallest absolute Gasteiger partial charge is 0.0558 e. The Kier molecular flexibility index (Phi) is 9.44. The van der Waals surface area contributed by atoms with Gasteiger partial charge in [-0.3, -0.25) is 4.90 Å². The first-order chi connectivity index (χ1) is 6.86. The molecule has 4 nitrogen and oxygen atoms in total. The van der Waals surface area contributed by atoms with Gasteiger partial charge in [0.05, 0.1) is 6.61 Å². The van der Waals surface area contributed by atoms with Crippen molar-refractivity contribution in [2.24, 2.45) is 11.7 Å². The van der Waals surface area contributed by atoms with E-state index in [-0.39, 0.29) is 19.0 Å². The lowest BCUT2D eigenvalue weighted by molar-refractivity contribution is 0.166. The van der Waals surface area contributed by atoms with Crippen LogP contribution in [0, 0.1) is 5.92 Å². The van der Waals surface area contributed by atoms with Gasteiger partial charge in [-0.25, -0.2) is 0 Å². The molecule has 0 bridgehead atoms. The molecule has 1 heterocycles. The van der Waals surface area contributed by atoms with Crippen LogP contribution in [0.25, 0.3) is 0 Å². The van der Waals surface area contributed by atoms with Gasteiger partial charge in [0.1, 0.15) is 0 Å². The second-order valence-electron chi connectivity index (χ2n) is 4.01. The van der Waals surface area contributed by atoms with Crippen molar-refractivity contribution in [2.75, 3.05) is 45.9 Å². The van der Waals surface area contributed by atoms with E-state index in [4.69, 9.17) is 10.8 Å². The molecule has 0 amide bonds. The topological polar surface area (TPSA) is 61.5 Å². The van der Waals surface area contributed by atoms with Crippen molar-refractivity contribution in [1.82, 2.24) is 10.2 Å². The minimum atomic E-state index is 0. The molecule has 0 aliphatic carbocycles. The summed E-state index contributed by atoms with van der Waals surface area (Å²) in [6, 6.07) is 0. The van der Waals surface area contributed by atoms with Crippen LogP contribution < -0.4 is 11.1 Å². The summed E-state index contributed by atoms with van der Waals surface area (Å²) < 4.78 is 0. The summed E-state index contributed by atoms with van der Waals surface area (Å²) in [4.78, 5) is 2.27. The number of nitrogens with zero attached hydrogens (tertiary/aromatic N) is 1. The van der Waals surface area contributed by atoms with Crippen LogP contribution in [0.4, 0.5) is 0 Å². The molecule has 0 atom stereocenters. The standard InChI is InChI=1S/C10H23N3O.ClH/c11-3-6-13(7-8-14)9-10-1-4-12-5-2-10;/h10,12,14H,1-9,11H2;1H. The largest absolute Gasteiger partial charge is 0.395 e. The first kappa shape index (κ1) is 15.1. The van der Waals surface area contributed by atoms with E-state index in [9.17, 15) is 0 Å². The van der Waals surface area contributed by atoms with Crippen molar-refractivity contribution in [3.63, 3.8) is 0 Å². The number of hydrogen-bond donors (Lipinski definition) is 3. The molecule has 92 valence electrons. The number of rotatable bonds is 6. The van der Waals surface area contributed by atoms with E-state index in [1.165, 1.54) is 12.8 Å². The maximum atomic E-state index is 8.90. The highest BCUT2D eigenvalue weighted by Gasteiger charge is 2.15. The Labute approximate surface area is 98.6 Å². The Hall–Kier alpha value is 0.130. The first-order valence-corrected chi connectivity index (χ1v) is 5.61. The third kappa shape index (κ3) is 6.33. The number of hydrogen-bond acceptors (Lipinski definition) is 4. The van der Waals surface area contributed by atoms with E-state index >= 15 is 0 Å². The lowest BCUT2D eigenvalue weighted by Gasteiger charge is -2.29. The van der Waals surface area contributed by atoms with Crippen LogP contribution in [0.5, 0.6) is 0 Å². The predicted octanol–water partition coefficient (Wildman–Crippen LogP) is -0.339. The summed E-state index contributed by atoms with van der Waals surface area (Å²) in [5.74, 6) is 0.786. The molecule has 0 aromatic rings. The van der Waals surface area contributed by atoms with E-state index in [1.54, 1.807) is 0 Å². The van der Waals surface area contributed by atoms with Gasteiger partial charge in [-0.05, 0) is 31.8 Å². The molecule has 1 rings (SSSR count). The van der Waals surface area contributed by atoms with Gasteiger partial charge in [-0.2, -0.15) is 0 Å². The van der Waals surface area contributed by atoms with Crippen molar-refractivity contribution in [2.45, 2.75) is 12.8 Å². The zero-order chi connectivity index (χ0) is 10.2. The van der Waals surface area contributed by atoms with E-state index in [0.29, 0.717) is 6.54 Å². The Bertz CT molecular complexity index is 137. The zero-order valence-electron chi connectivity index (χ0n) is 9.32. The van der Waals surface area contributed by atoms with Crippen LogP contribution >= 0.6 is 12.4 Å². The van der Waals surface area contributed by atoms with Gasteiger partial charge in [0, 0.05) is 26.2 Å². The molecule has 1 fully saturated rings. The first-order valence-electron chi connectivity index (χ1n) is 5.61. The molecule has 0 saturated carbocycles. The van der Waals surface area contributed by atoms with Crippen molar-refractivity contribution < 1.29 is 5.11 Å². The maximum absolute atomic E-state index is 8.90. The molecule has 15 heavy (non-hydrogen) atoms. The monoisotopic (exact) mass is 237 g/mol. The summed E-state index contributed by atoms with van der Waals surface area (Å²) in [5, 5.41) is 12.3. The molecule has 0 spiro atoms. The summed E-state index contributed by atoms with van der Waals surface area (Å²) in [6.45, 7) is 5.97. The van der Waals surface area contributed by atoms with Gasteiger partial charge in [-0.1, -0.05) is 0 Å². The summed E-state index contributed by atoms with van der Waals surface area (Å²) in [5.41, 5.74) is 5.53. The maximum Gasteiger partial charge on any atom is 0.0558 e. The molecule has 0 radical (unpaired) electrons. The highest BCUT2D eigenvalue weighted by molar-refractivity contribution is 5.85. The van der Waals surface area contributed by atoms with E-state index in [1.807, 2.05) is 0 Å². The summed E-state index contributed by atoms with van der Waals surface area (Å²) in [7, 11) is 0. The normalized spacial score (nSPS) is 17.8. The number of nitrogens with one attached hydrogen (secondary N) is 1. The van der Waals surface area contributed by atoms with Crippen LogP contribution in [-0.4, -0.2) is 55.9 Å². The minimum Gasteiger partial charge on any atom is -0.395 e. The van der Waals surface area contributed by atoms with E-state index < -0.39 is 0 Å².